The Hall–Kier alpha value is -3.39. The average molecular weight is 413 g/mol. The fourth-order valence-corrected chi connectivity index (χ4v) is 3.67. The van der Waals surface area contributed by atoms with Gasteiger partial charge < -0.3 is 24.2 Å². The maximum atomic E-state index is 14.6. The second-order valence-electron chi connectivity index (χ2n) is 6.87. The van der Waals surface area contributed by atoms with Crippen molar-refractivity contribution in [2.45, 2.75) is 6.04 Å². The second kappa shape index (κ2) is 8.16. The number of ether oxygens (including phenoxy) is 3. The number of fused-ring (bicyclic) bond motifs is 1. The molecule has 1 fully saturated rings. The topological polar surface area (TPSA) is 85.3 Å². The van der Waals surface area contributed by atoms with E-state index in [1.807, 2.05) is 0 Å². The highest BCUT2D eigenvalue weighted by Gasteiger charge is 2.46. The van der Waals surface area contributed by atoms with E-state index in [-0.39, 0.29) is 29.9 Å². The fourth-order valence-electron chi connectivity index (χ4n) is 3.67. The van der Waals surface area contributed by atoms with E-state index in [1.54, 1.807) is 18.2 Å². The molecule has 2 aromatic carbocycles. The zero-order valence-corrected chi connectivity index (χ0v) is 16.3. The molecule has 2 aliphatic heterocycles. The summed E-state index contributed by atoms with van der Waals surface area (Å²) in [6.45, 7) is 0.990. The minimum atomic E-state index is -1.07. The maximum absolute atomic E-state index is 14.6. The van der Waals surface area contributed by atoms with Gasteiger partial charge in [-0.3, -0.25) is 9.59 Å². The van der Waals surface area contributed by atoms with Crippen LogP contribution in [0.5, 0.6) is 11.5 Å². The number of aliphatic hydroxyl groups excluding tert-OH is 1. The predicted molar refractivity (Wildman–Crippen MR) is 105 cm³/mol. The molecule has 1 atom stereocenters. The van der Waals surface area contributed by atoms with Crippen LogP contribution in [-0.4, -0.2) is 55.2 Å². The number of amides is 1. The van der Waals surface area contributed by atoms with E-state index in [1.165, 1.54) is 36.3 Å². The number of hydrogen-bond acceptors (Lipinski definition) is 6. The number of hydrogen-bond donors (Lipinski definition) is 1. The zero-order chi connectivity index (χ0) is 21.3. The molecule has 2 heterocycles. The molecule has 8 heteroatoms. The summed E-state index contributed by atoms with van der Waals surface area (Å²) >= 11 is 0. The van der Waals surface area contributed by atoms with Gasteiger partial charge in [0.15, 0.2) is 11.5 Å². The van der Waals surface area contributed by atoms with Gasteiger partial charge in [-0.25, -0.2) is 4.39 Å². The van der Waals surface area contributed by atoms with Crippen LogP contribution >= 0.6 is 0 Å². The first-order chi connectivity index (χ1) is 14.5. The number of benzene rings is 2. The number of halogens is 1. The highest BCUT2D eigenvalue weighted by molar-refractivity contribution is 6.46. The van der Waals surface area contributed by atoms with E-state index >= 15 is 0 Å². The Kier molecular flexibility index (Phi) is 5.41. The van der Waals surface area contributed by atoms with Crippen LogP contribution in [-0.2, 0) is 14.3 Å². The number of ketones is 1. The summed E-state index contributed by atoms with van der Waals surface area (Å²) < 4.78 is 30.7. The van der Waals surface area contributed by atoms with Crippen molar-refractivity contribution in [1.29, 1.82) is 0 Å². The number of carbonyl (C=O) groups is 2. The van der Waals surface area contributed by atoms with Crippen molar-refractivity contribution >= 4 is 17.4 Å². The molecule has 0 aromatic heterocycles. The molecule has 1 saturated heterocycles. The first-order valence-electron chi connectivity index (χ1n) is 9.44. The number of likely N-dealkylation sites (tertiary alicyclic amines) is 1. The quantitative estimate of drug-likeness (QED) is 0.461. The summed E-state index contributed by atoms with van der Waals surface area (Å²) in [6.07, 6.45) is 0. The van der Waals surface area contributed by atoms with E-state index in [0.717, 1.165) is 0 Å². The lowest BCUT2D eigenvalue weighted by Crippen LogP contribution is -2.33. The van der Waals surface area contributed by atoms with Gasteiger partial charge in [-0.15, -0.1) is 0 Å². The molecule has 30 heavy (non-hydrogen) atoms. The first kappa shape index (κ1) is 19.9. The Labute approximate surface area is 172 Å². The van der Waals surface area contributed by atoms with E-state index in [9.17, 15) is 19.1 Å². The number of rotatable bonds is 5. The molecule has 2 aliphatic rings. The third-order valence-corrected chi connectivity index (χ3v) is 5.09. The first-order valence-corrected chi connectivity index (χ1v) is 9.44. The third-order valence-electron chi connectivity index (χ3n) is 5.09. The molecule has 0 bridgehead atoms. The molecule has 0 aliphatic carbocycles. The number of carbonyl (C=O) groups excluding carboxylic acids is 2. The van der Waals surface area contributed by atoms with Crippen molar-refractivity contribution in [3.05, 3.63) is 65.0 Å². The average Bonchev–Trinajstić information content (AvgIpc) is 3.01. The van der Waals surface area contributed by atoms with Crippen LogP contribution < -0.4 is 9.47 Å². The fraction of sp³-hybridized carbons (Fsp3) is 0.273. The van der Waals surface area contributed by atoms with Gasteiger partial charge in [0.2, 0.25) is 0 Å². The van der Waals surface area contributed by atoms with Crippen LogP contribution in [0.2, 0.25) is 0 Å². The normalized spacial score (nSPS) is 19.9. The zero-order valence-electron chi connectivity index (χ0n) is 16.3. The molecular formula is C22H20FNO6. The van der Waals surface area contributed by atoms with Gasteiger partial charge in [0.25, 0.3) is 11.7 Å². The van der Waals surface area contributed by atoms with Gasteiger partial charge >= 0.3 is 0 Å². The standard InChI is InChI=1S/C22H20FNO6/c1-28-9-8-24-19(14-4-2-3-5-15(14)23)18(21(26)22(24)27)20(25)13-6-7-16-17(12-13)30-11-10-29-16/h2-7,12,19,25H,8-11H2,1H3. The van der Waals surface area contributed by atoms with Gasteiger partial charge in [-0.1, -0.05) is 18.2 Å². The van der Waals surface area contributed by atoms with Crippen LogP contribution in [0.15, 0.2) is 48.0 Å². The molecule has 4 rings (SSSR count). The van der Waals surface area contributed by atoms with E-state index < -0.39 is 29.3 Å². The summed E-state index contributed by atoms with van der Waals surface area (Å²) in [5.41, 5.74) is 0.204. The number of nitrogens with zero attached hydrogens (tertiary/aromatic N) is 1. The minimum absolute atomic E-state index is 0.0675. The van der Waals surface area contributed by atoms with Crippen LogP contribution in [0.1, 0.15) is 17.2 Å². The molecule has 0 saturated carbocycles. The smallest absolute Gasteiger partial charge is 0.295 e. The highest BCUT2D eigenvalue weighted by atomic mass is 19.1. The van der Waals surface area contributed by atoms with Crippen molar-refractivity contribution in [1.82, 2.24) is 4.90 Å². The molecular weight excluding hydrogens is 393 g/mol. The van der Waals surface area contributed by atoms with Crippen LogP contribution in [0, 0.1) is 5.82 Å². The monoisotopic (exact) mass is 413 g/mol. The largest absolute Gasteiger partial charge is 0.507 e. The lowest BCUT2D eigenvalue weighted by Gasteiger charge is -2.25. The summed E-state index contributed by atoms with van der Waals surface area (Å²) in [5, 5.41) is 11.0. The van der Waals surface area contributed by atoms with E-state index in [2.05, 4.69) is 0 Å². The van der Waals surface area contributed by atoms with Gasteiger partial charge in [0.05, 0.1) is 18.2 Å². The lowest BCUT2D eigenvalue weighted by molar-refractivity contribution is -0.140. The molecule has 1 amide bonds. The highest BCUT2D eigenvalue weighted by Crippen LogP contribution is 2.41. The molecule has 156 valence electrons. The minimum Gasteiger partial charge on any atom is -0.507 e. The van der Waals surface area contributed by atoms with Crippen molar-refractivity contribution < 1.29 is 33.3 Å². The predicted octanol–water partition coefficient (Wildman–Crippen LogP) is 2.67. The number of Topliss-reactive ketones (excluding diaryl/α,β-unsaturated/α-hetero) is 1. The number of aliphatic hydroxyl groups is 1. The van der Waals surface area contributed by atoms with Gasteiger partial charge in [0, 0.05) is 24.8 Å². The Morgan fingerprint density at radius 1 is 1.17 bits per heavy atom. The van der Waals surface area contributed by atoms with Crippen LogP contribution in [0.4, 0.5) is 4.39 Å². The van der Waals surface area contributed by atoms with Crippen molar-refractivity contribution in [3.8, 4) is 11.5 Å². The molecule has 0 radical (unpaired) electrons. The third kappa shape index (κ3) is 3.39. The molecule has 0 spiro atoms. The maximum Gasteiger partial charge on any atom is 0.295 e. The van der Waals surface area contributed by atoms with Crippen LogP contribution in [0.3, 0.4) is 0 Å². The van der Waals surface area contributed by atoms with E-state index in [0.29, 0.717) is 24.7 Å². The van der Waals surface area contributed by atoms with Crippen molar-refractivity contribution in [3.63, 3.8) is 0 Å². The molecule has 7 nitrogen and oxygen atoms in total. The molecule has 2 aromatic rings. The van der Waals surface area contributed by atoms with Crippen molar-refractivity contribution in [2.75, 3.05) is 33.5 Å². The van der Waals surface area contributed by atoms with Crippen molar-refractivity contribution in [2.24, 2.45) is 0 Å². The molecule has 1 unspecified atom stereocenters. The summed E-state index contributed by atoms with van der Waals surface area (Å²) in [6, 6.07) is 9.49. The number of methoxy groups -OCH3 is 1. The Morgan fingerprint density at radius 2 is 1.90 bits per heavy atom. The van der Waals surface area contributed by atoms with Crippen LogP contribution in [0.25, 0.3) is 5.76 Å². The van der Waals surface area contributed by atoms with Gasteiger partial charge in [-0.2, -0.15) is 0 Å². The molecule has 1 N–H and O–H groups in total. The summed E-state index contributed by atoms with van der Waals surface area (Å²) in [7, 11) is 1.46. The Morgan fingerprint density at radius 3 is 2.63 bits per heavy atom. The Balaban J connectivity index is 1.85. The Bertz CT molecular complexity index is 1030. The van der Waals surface area contributed by atoms with Gasteiger partial charge in [0.1, 0.15) is 24.8 Å². The second-order valence-corrected chi connectivity index (χ2v) is 6.87. The van der Waals surface area contributed by atoms with Gasteiger partial charge in [-0.05, 0) is 24.3 Å². The SMILES string of the molecule is COCCN1C(=O)C(=O)C(=C(O)c2ccc3c(c2)OCCO3)C1c1ccccc1F. The van der Waals surface area contributed by atoms with E-state index in [4.69, 9.17) is 14.2 Å². The summed E-state index contributed by atoms with van der Waals surface area (Å²) in [4.78, 5) is 26.8. The lowest BCUT2D eigenvalue weighted by atomic mass is 9.95. The summed E-state index contributed by atoms with van der Waals surface area (Å²) in [5.74, 6) is -1.75.